The molecule has 114 valence electrons. The zero-order valence-electron chi connectivity index (χ0n) is 11.5. The first-order valence-electron chi connectivity index (χ1n) is 6.60. The fourth-order valence-corrected chi connectivity index (χ4v) is 2.59. The first-order valence-corrected chi connectivity index (χ1v) is 6.60. The second-order valence-electron chi connectivity index (χ2n) is 5.22. The SMILES string of the molecule is C=C(C)N1CCN2c3ncc(C(F)(F)F)nc3OCC2C1. The van der Waals surface area contributed by atoms with E-state index in [4.69, 9.17) is 4.74 Å². The number of ether oxygens (including phenoxy) is 1. The second-order valence-corrected chi connectivity index (χ2v) is 5.22. The van der Waals surface area contributed by atoms with E-state index in [-0.39, 0.29) is 11.9 Å². The average molecular weight is 300 g/mol. The summed E-state index contributed by atoms with van der Waals surface area (Å²) in [6.45, 7) is 8.28. The van der Waals surface area contributed by atoms with Gasteiger partial charge in [0.05, 0.1) is 12.2 Å². The summed E-state index contributed by atoms with van der Waals surface area (Å²) in [4.78, 5) is 11.6. The van der Waals surface area contributed by atoms with E-state index in [1.165, 1.54) is 0 Å². The van der Waals surface area contributed by atoms with Crippen molar-refractivity contribution in [2.75, 3.05) is 31.1 Å². The van der Waals surface area contributed by atoms with Crippen LogP contribution in [-0.2, 0) is 6.18 Å². The quantitative estimate of drug-likeness (QED) is 0.792. The van der Waals surface area contributed by atoms with E-state index in [2.05, 4.69) is 21.4 Å². The van der Waals surface area contributed by atoms with Crippen LogP contribution in [0.1, 0.15) is 12.6 Å². The number of aromatic nitrogens is 2. The molecule has 1 fully saturated rings. The van der Waals surface area contributed by atoms with Gasteiger partial charge in [0, 0.05) is 25.3 Å². The first kappa shape index (κ1) is 14.0. The Labute approximate surface area is 120 Å². The molecule has 3 rings (SSSR count). The van der Waals surface area contributed by atoms with Gasteiger partial charge in [-0.15, -0.1) is 0 Å². The predicted octanol–water partition coefficient (Wildman–Crippen LogP) is 1.91. The fraction of sp³-hybridized carbons (Fsp3) is 0.538. The van der Waals surface area contributed by atoms with Gasteiger partial charge in [0.1, 0.15) is 6.61 Å². The van der Waals surface area contributed by atoms with Gasteiger partial charge in [0.25, 0.3) is 5.88 Å². The molecule has 0 N–H and O–H groups in total. The molecule has 0 saturated carbocycles. The van der Waals surface area contributed by atoms with Crippen LogP contribution in [0.5, 0.6) is 5.88 Å². The van der Waals surface area contributed by atoms with E-state index in [0.717, 1.165) is 25.0 Å². The minimum atomic E-state index is -4.51. The maximum Gasteiger partial charge on any atom is 0.435 e. The van der Waals surface area contributed by atoms with Crippen LogP contribution in [0.15, 0.2) is 18.5 Å². The van der Waals surface area contributed by atoms with Gasteiger partial charge in [-0.05, 0) is 6.92 Å². The Morgan fingerprint density at radius 3 is 2.86 bits per heavy atom. The van der Waals surface area contributed by atoms with E-state index >= 15 is 0 Å². The lowest BCUT2D eigenvalue weighted by Crippen LogP contribution is -2.57. The zero-order valence-corrected chi connectivity index (χ0v) is 11.5. The molecule has 0 amide bonds. The summed E-state index contributed by atoms with van der Waals surface area (Å²) in [6, 6.07) is 0.0500. The van der Waals surface area contributed by atoms with Gasteiger partial charge in [0.15, 0.2) is 11.5 Å². The summed E-state index contributed by atoms with van der Waals surface area (Å²) in [6.07, 6.45) is -3.75. The molecule has 1 saturated heterocycles. The number of rotatable bonds is 1. The highest BCUT2D eigenvalue weighted by Crippen LogP contribution is 2.35. The molecule has 1 unspecified atom stereocenters. The Morgan fingerprint density at radius 1 is 1.43 bits per heavy atom. The molecule has 3 heterocycles. The Balaban J connectivity index is 1.86. The monoisotopic (exact) mass is 300 g/mol. The van der Waals surface area contributed by atoms with Crippen LogP contribution in [0.2, 0.25) is 0 Å². The number of fused-ring (bicyclic) bond motifs is 3. The molecule has 1 atom stereocenters. The maximum absolute atomic E-state index is 12.6. The van der Waals surface area contributed by atoms with Crippen molar-refractivity contribution in [2.24, 2.45) is 0 Å². The van der Waals surface area contributed by atoms with Gasteiger partial charge in [0.2, 0.25) is 0 Å². The lowest BCUT2D eigenvalue weighted by atomic mass is 10.1. The number of piperazine rings is 1. The topological polar surface area (TPSA) is 41.5 Å². The molecule has 21 heavy (non-hydrogen) atoms. The van der Waals surface area contributed by atoms with Gasteiger partial charge < -0.3 is 14.5 Å². The van der Waals surface area contributed by atoms with Crippen LogP contribution in [0, 0.1) is 0 Å². The zero-order chi connectivity index (χ0) is 15.2. The highest BCUT2D eigenvalue weighted by molar-refractivity contribution is 5.52. The number of hydrogen-bond acceptors (Lipinski definition) is 5. The maximum atomic E-state index is 12.6. The van der Waals surface area contributed by atoms with Crippen molar-refractivity contribution in [3.63, 3.8) is 0 Å². The van der Waals surface area contributed by atoms with Crippen LogP contribution >= 0.6 is 0 Å². The van der Waals surface area contributed by atoms with Crippen molar-refractivity contribution in [3.8, 4) is 5.88 Å². The van der Waals surface area contributed by atoms with Gasteiger partial charge in [-0.2, -0.15) is 13.2 Å². The molecule has 1 aromatic heterocycles. The molecule has 0 bridgehead atoms. The molecule has 1 aromatic rings. The molecule has 0 spiro atoms. The summed E-state index contributed by atoms with van der Waals surface area (Å²) in [5, 5.41) is 0. The fourth-order valence-electron chi connectivity index (χ4n) is 2.59. The standard InChI is InChI=1S/C13H15F3N4O/c1-8(2)19-3-4-20-9(6-19)7-21-12-11(20)17-5-10(18-12)13(14,15)16/h5,9H,1,3-4,6-7H2,2H3. The third-order valence-electron chi connectivity index (χ3n) is 3.72. The third kappa shape index (κ3) is 2.50. The predicted molar refractivity (Wildman–Crippen MR) is 70.1 cm³/mol. The number of allylic oxidation sites excluding steroid dienone is 1. The van der Waals surface area contributed by atoms with Crippen LogP contribution in [0.4, 0.5) is 19.0 Å². The van der Waals surface area contributed by atoms with Crippen LogP contribution in [-0.4, -0.2) is 47.2 Å². The van der Waals surface area contributed by atoms with E-state index < -0.39 is 11.9 Å². The number of halogens is 3. The average Bonchev–Trinajstić information content (AvgIpc) is 2.44. The Morgan fingerprint density at radius 2 is 2.19 bits per heavy atom. The summed E-state index contributed by atoms with van der Waals surface area (Å²) < 4.78 is 43.3. The Hall–Kier alpha value is -1.99. The number of nitrogens with zero attached hydrogens (tertiary/aromatic N) is 4. The minimum Gasteiger partial charge on any atom is -0.473 e. The molecule has 8 heteroatoms. The molecule has 0 aromatic carbocycles. The molecular formula is C13H15F3N4O. The van der Waals surface area contributed by atoms with E-state index in [0.29, 0.717) is 19.0 Å². The minimum absolute atomic E-state index is 0.0372. The van der Waals surface area contributed by atoms with E-state index in [1.54, 1.807) is 0 Å². The van der Waals surface area contributed by atoms with Gasteiger partial charge in [-0.3, -0.25) is 0 Å². The third-order valence-corrected chi connectivity index (χ3v) is 3.72. The molecule has 2 aliphatic rings. The second kappa shape index (κ2) is 4.78. The molecule has 0 aliphatic carbocycles. The lowest BCUT2D eigenvalue weighted by molar-refractivity contribution is -0.141. The van der Waals surface area contributed by atoms with Crippen LogP contribution in [0.25, 0.3) is 0 Å². The Kier molecular flexibility index (Phi) is 3.18. The van der Waals surface area contributed by atoms with Crippen molar-refractivity contribution in [2.45, 2.75) is 19.1 Å². The van der Waals surface area contributed by atoms with Crippen molar-refractivity contribution >= 4 is 5.82 Å². The van der Waals surface area contributed by atoms with Crippen molar-refractivity contribution in [1.82, 2.24) is 14.9 Å². The van der Waals surface area contributed by atoms with E-state index in [9.17, 15) is 13.2 Å². The molecule has 0 radical (unpaired) electrons. The summed E-state index contributed by atoms with van der Waals surface area (Å²) >= 11 is 0. The molecular weight excluding hydrogens is 285 g/mol. The number of alkyl halides is 3. The van der Waals surface area contributed by atoms with Gasteiger partial charge in [-0.1, -0.05) is 6.58 Å². The molecule has 5 nitrogen and oxygen atoms in total. The lowest BCUT2D eigenvalue weighted by Gasteiger charge is -2.45. The summed E-state index contributed by atoms with van der Waals surface area (Å²) in [5.41, 5.74) is -0.0563. The van der Waals surface area contributed by atoms with E-state index in [1.807, 2.05) is 11.8 Å². The summed E-state index contributed by atoms with van der Waals surface area (Å²) in [7, 11) is 0. The molecule has 2 aliphatic heterocycles. The van der Waals surface area contributed by atoms with Gasteiger partial charge >= 0.3 is 6.18 Å². The first-order chi connectivity index (χ1) is 9.86. The van der Waals surface area contributed by atoms with Crippen molar-refractivity contribution in [1.29, 1.82) is 0 Å². The highest BCUT2D eigenvalue weighted by atomic mass is 19.4. The van der Waals surface area contributed by atoms with Gasteiger partial charge in [-0.25, -0.2) is 9.97 Å². The largest absolute Gasteiger partial charge is 0.473 e. The Bertz CT molecular complexity index is 575. The van der Waals surface area contributed by atoms with Crippen molar-refractivity contribution in [3.05, 3.63) is 24.2 Å². The number of hydrogen-bond donors (Lipinski definition) is 0. The van der Waals surface area contributed by atoms with Crippen molar-refractivity contribution < 1.29 is 17.9 Å². The number of anilines is 1. The smallest absolute Gasteiger partial charge is 0.435 e. The summed E-state index contributed by atoms with van der Waals surface area (Å²) in [5.74, 6) is 0.352. The van der Waals surface area contributed by atoms with Crippen LogP contribution < -0.4 is 9.64 Å². The normalized spacial score (nSPS) is 21.4. The highest BCUT2D eigenvalue weighted by Gasteiger charge is 2.38. The van der Waals surface area contributed by atoms with Crippen LogP contribution in [0.3, 0.4) is 0 Å².